The lowest BCUT2D eigenvalue weighted by Crippen LogP contribution is -2.18. The third kappa shape index (κ3) is 4.96. The molecule has 0 radical (unpaired) electrons. The number of hydrogen-bond acceptors (Lipinski definition) is 5. The smallest absolute Gasteiger partial charge is 0.276 e. The summed E-state index contributed by atoms with van der Waals surface area (Å²) in [6.07, 6.45) is 1.40. The van der Waals surface area contributed by atoms with Crippen LogP contribution in [0.5, 0.6) is 11.5 Å². The number of halogens is 1. The van der Waals surface area contributed by atoms with Crippen LogP contribution in [0.1, 0.15) is 18.1 Å². The van der Waals surface area contributed by atoms with Gasteiger partial charge in [0.25, 0.3) is 10.0 Å². The molecule has 134 valence electrons. The molecule has 0 aromatic heterocycles. The minimum Gasteiger partial charge on any atom is -0.493 e. The monoisotopic (exact) mass is 426 g/mol. The highest BCUT2D eigenvalue weighted by Gasteiger charge is 2.13. The van der Waals surface area contributed by atoms with Crippen LogP contribution in [-0.2, 0) is 10.0 Å². The molecule has 2 rings (SSSR count). The molecule has 1 N–H and O–H groups in total. The molecule has 0 bridgehead atoms. The molecule has 0 amide bonds. The van der Waals surface area contributed by atoms with Crippen LogP contribution in [0.15, 0.2) is 50.9 Å². The standard InChI is InChI=1S/C17H19BrN2O4S/c1-4-24-17-15(18)9-13(10-16(17)23-3)11-19-20-25(21,22)14-7-5-12(2)6-8-14/h5-11,20H,4H2,1-3H3. The van der Waals surface area contributed by atoms with Gasteiger partial charge in [0, 0.05) is 0 Å². The molecule has 0 saturated carbocycles. The van der Waals surface area contributed by atoms with Crippen LogP contribution < -0.4 is 14.3 Å². The summed E-state index contributed by atoms with van der Waals surface area (Å²) in [5.41, 5.74) is 1.63. The van der Waals surface area contributed by atoms with E-state index in [-0.39, 0.29) is 4.90 Å². The van der Waals surface area contributed by atoms with E-state index >= 15 is 0 Å². The van der Waals surface area contributed by atoms with Crippen molar-refractivity contribution in [3.8, 4) is 11.5 Å². The molecule has 0 unspecified atom stereocenters. The largest absolute Gasteiger partial charge is 0.493 e. The van der Waals surface area contributed by atoms with E-state index in [1.807, 2.05) is 13.8 Å². The van der Waals surface area contributed by atoms with Gasteiger partial charge in [0.15, 0.2) is 11.5 Å². The SMILES string of the molecule is CCOc1c(Br)cc(C=NNS(=O)(=O)c2ccc(C)cc2)cc1OC. The zero-order valence-electron chi connectivity index (χ0n) is 14.1. The molecule has 0 fully saturated rings. The molecule has 0 atom stereocenters. The first-order valence-electron chi connectivity index (χ1n) is 7.49. The minimum atomic E-state index is -3.71. The summed E-state index contributed by atoms with van der Waals surface area (Å²) in [4.78, 5) is 2.35. The van der Waals surface area contributed by atoms with Gasteiger partial charge in [-0.15, -0.1) is 0 Å². The maximum absolute atomic E-state index is 12.2. The van der Waals surface area contributed by atoms with Crippen molar-refractivity contribution >= 4 is 32.2 Å². The number of methoxy groups -OCH3 is 1. The van der Waals surface area contributed by atoms with Gasteiger partial charge in [0.2, 0.25) is 0 Å². The Morgan fingerprint density at radius 2 is 1.92 bits per heavy atom. The zero-order chi connectivity index (χ0) is 18.4. The topological polar surface area (TPSA) is 77.0 Å². The zero-order valence-corrected chi connectivity index (χ0v) is 16.5. The van der Waals surface area contributed by atoms with Gasteiger partial charge in [-0.2, -0.15) is 13.5 Å². The number of hydrazone groups is 1. The molecule has 25 heavy (non-hydrogen) atoms. The molecule has 2 aromatic carbocycles. The quantitative estimate of drug-likeness (QED) is 0.542. The Kier molecular flexibility index (Phi) is 6.44. The van der Waals surface area contributed by atoms with E-state index in [0.717, 1.165) is 5.56 Å². The minimum absolute atomic E-state index is 0.153. The third-order valence-electron chi connectivity index (χ3n) is 3.26. The van der Waals surface area contributed by atoms with Crippen LogP contribution in [0.25, 0.3) is 0 Å². The Bertz CT molecular complexity index is 865. The second kappa shape index (κ2) is 8.35. The second-order valence-corrected chi connectivity index (χ2v) is 7.65. The van der Waals surface area contributed by atoms with E-state index < -0.39 is 10.0 Å². The average Bonchev–Trinajstić information content (AvgIpc) is 2.57. The summed E-state index contributed by atoms with van der Waals surface area (Å²) >= 11 is 3.41. The lowest BCUT2D eigenvalue weighted by molar-refractivity contribution is 0.309. The predicted molar refractivity (Wildman–Crippen MR) is 101 cm³/mol. The second-order valence-electron chi connectivity index (χ2n) is 5.13. The predicted octanol–water partition coefficient (Wildman–Crippen LogP) is 3.48. The summed E-state index contributed by atoms with van der Waals surface area (Å²) in [6.45, 7) is 4.26. The highest BCUT2D eigenvalue weighted by Crippen LogP contribution is 2.36. The summed E-state index contributed by atoms with van der Waals surface area (Å²) < 4.78 is 35.9. The van der Waals surface area contributed by atoms with Crippen molar-refractivity contribution in [2.45, 2.75) is 18.7 Å². The van der Waals surface area contributed by atoms with Crippen LogP contribution in [0.3, 0.4) is 0 Å². The molecule has 8 heteroatoms. The van der Waals surface area contributed by atoms with Gasteiger partial charge < -0.3 is 9.47 Å². The van der Waals surface area contributed by atoms with Gasteiger partial charge in [-0.25, -0.2) is 4.83 Å². The lowest BCUT2D eigenvalue weighted by Gasteiger charge is -2.12. The number of ether oxygens (including phenoxy) is 2. The van der Waals surface area contributed by atoms with Crippen molar-refractivity contribution in [1.82, 2.24) is 4.83 Å². The first kappa shape index (κ1) is 19.3. The molecular formula is C17H19BrN2O4S. The number of sulfonamides is 1. The number of nitrogens with zero attached hydrogens (tertiary/aromatic N) is 1. The van der Waals surface area contributed by atoms with Crippen molar-refractivity contribution in [3.63, 3.8) is 0 Å². The fraction of sp³-hybridized carbons (Fsp3) is 0.235. The van der Waals surface area contributed by atoms with Crippen molar-refractivity contribution < 1.29 is 17.9 Å². The molecule has 0 heterocycles. The van der Waals surface area contributed by atoms with Gasteiger partial charge >= 0.3 is 0 Å². The normalized spacial score (nSPS) is 11.5. The Morgan fingerprint density at radius 3 is 2.52 bits per heavy atom. The first-order valence-corrected chi connectivity index (χ1v) is 9.77. The molecule has 0 aliphatic heterocycles. The Balaban J connectivity index is 2.19. The number of nitrogens with one attached hydrogen (secondary N) is 1. The van der Waals surface area contributed by atoms with Crippen molar-refractivity contribution in [1.29, 1.82) is 0 Å². The molecule has 0 aliphatic carbocycles. The van der Waals surface area contributed by atoms with Gasteiger partial charge in [-0.05, 0) is 59.6 Å². The third-order valence-corrected chi connectivity index (χ3v) is 5.09. The fourth-order valence-corrected chi connectivity index (χ4v) is 3.40. The molecule has 0 spiro atoms. The Morgan fingerprint density at radius 1 is 1.24 bits per heavy atom. The maximum Gasteiger partial charge on any atom is 0.276 e. The van der Waals surface area contributed by atoms with Gasteiger partial charge in [-0.1, -0.05) is 17.7 Å². The molecule has 0 saturated heterocycles. The maximum atomic E-state index is 12.2. The van der Waals surface area contributed by atoms with E-state index in [2.05, 4.69) is 25.9 Å². The van der Waals surface area contributed by atoms with Crippen molar-refractivity contribution in [2.24, 2.45) is 5.10 Å². The van der Waals surface area contributed by atoms with Crippen LogP contribution in [0, 0.1) is 6.92 Å². The van der Waals surface area contributed by atoms with E-state index in [9.17, 15) is 8.42 Å². The average molecular weight is 427 g/mol. The number of aryl methyl sites for hydroxylation is 1. The summed E-state index contributed by atoms with van der Waals surface area (Å²) in [5, 5.41) is 3.82. The number of benzene rings is 2. The van der Waals surface area contributed by atoms with Gasteiger partial charge in [-0.3, -0.25) is 0 Å². The van der Waals surface area contributed by atoms with Gasteiger partial charge in [0.1, 0.15) is 0 Å². The first-order chi connectivity index (χ1) is 11.9. The van der Waals surface area contributed by atoms with E-state index in [1.165, 1.54) is 25.5 Å². The Labute approximate surface area is 156 Å². The lowest BCUT2D eigenvalue weighted by atomic mass is 10.2. The Hall–Kier alpha value is -2.06. The summed E-state index contributed by atoms with van der Waals surface area (Å²) in [7, 11) is -2.17. The van der Waals surface area contributed by atoms with Gasteiger partial charge in [0.05, 0.1) is 29.3 Å². The molecule has 2 aromatic rings. The van der Waals surface area contributed by atoms with Crippen molar-refractivity contribution in [3.05, 3.63) is 52.0 Å². The van der Waals surface area contributed by atoms with Crippen LogP contribution in [-0.4, -0.2) is 28.3 Å². The number of rotatable bonds is 7. The summed E-state index contributed by atoms with van der Waals surface area (Å²) in [5.74, 6) is 1.11. The van der Waals surface area contributed by atoms with E-state index in [4.69, 9.17) is 9.47 Å². The van der Waals surface area contributed by atoms with E-state index in [1.54, 1.807) is 24.3 Å². The van der Waals surface area contributed by atoms with Crippen LogP contribution >= 0.6 is 15.9 Å². The molecule has 6 nitrogen and oxygen atoms in total. The van der Waals surface area contributed by atoms with Crippen molar-refractivity contribution in [2.75, 3.05) is 13.7 Å². The summed E-state index contributed by atoms with van der Waals surface area (Å²) in [6, 6.07) is 9.99. The highest BCUT2D eigenvalue weighted by molar-refractivity contribution is 9.10. The van der Waals surface area contributed by atoms with Crippen LogP contribution in [0.4, 0.5) is 0 Å². The fourth-order valence-electron chi connectivity index (χ4n) is 2.04. The molecule has 0 aliphatic rings. The van der Waals surface area contributed by atoms with E-state index in [0.29, 0.717) is 28.1 Å². The van der Waals surface area contributed by atoms with Crippen LogP contribution in [0.2, 0.25) is 0 Å². The molecular weight excluding hydrogens is 408 g/mol. The highest BCUT2D eigenvalue weighted by atomic mass is 79.9. The number of hydrogen-bond donors (Lipinski definition) is 1.